The van der Waals surface area contributed by atoms with Crippen LogP contribution in [0.3, 0.4) is 0 Å². The van der Waals surface area contributed by atoms with Gasteiger partial charge in [0.15, 0.2) is 9.84 Å². The summed E-state index contributed by atoms with van der Waals surface area (Å²) in [6, 6.07) is 7.38. The van der Waals surface area contributed by atoms with Crippen molar-refractivity contribution in [1.82, 2.24) is 10.2 Å². The molecule has 1 aromatic rings. The largest absolute Gasteiger partial charge is 0.339 e. The fourth-order valence-corrected chi connectivity index (χ4v) is 4.84. The van der Waals surface area contributed by atoms with E-state index < -0.39 is 21.3 Å². The van der Waals surface area contributed by atoms with E-state index in [4.69, 9.17) is 0 Å². The summed E-state index contributed by atoms with van der Waals surface area (Å²) < 4.78 is 22.3. The molecule has 1 spiro atoms. The molecule has 0 atom stereocenters. The van der Waals surface area contributed by atoms with E-state index >= 15 is 0 Å². The zero-order valence-corrected chi connectivity index (χ0v) is 12.0. The Labute approximate surface area is 122 Å². The maximum Gasteiger partial charge on any atom is 0.252 e. The zero-order chi connectivity index (χ0) is 14.8. The van der Waals surface area contributed by atoms with Gasteiger partial charge in [-0.25, -0.2) is 8.42 Å². The van der Waals surface area contributed by atoms with E-state index in [2.05, 4.69) is 5.32 Å². The Morgan fingerprint density at radius 1 is 1.24 bits per heavy atom. The number of nitrogens with one attached hydrogen (secondary N) is 1. The van der Waals surface area contributed by atoms with E-state index in [1.54, 1.807) is 11.0 Å². The second-order valence-electron chi connectivity index (χ2n) is 6.05. The predicted octanol–water partition coefficient (Wildman–Crippen LogP) is -0.488. The second kappa shape index (κ2) is 3.85. The average Bonchev–Trinajstić information content (AvgIpc) is 2.68. The van der Waals surface area contributed by atoms with Gasteiger partial charge >= 0.3 is 0 Å². The van der Waals surface area contributed by atoms with E-state index in [1.165, 1.54) is 0 Å². The first kappa shape index (κ1) is 12.8. The zero-order valence-electron chi connectivity index (χ0n) is 11.2. The molecule has 7 heteroatoms. The highest BCUT2D eigenvalue weighted by molar-refractivity contribution is 7.92. The van der Waals surface area contributed by atoms with Gasteiger partial charge in [0.1, 0.15) is 5.54 Å². The van der Waals surface area contributed by atoms with Gasteiger partial charge in [-0.3, -0.25) is 9.59 Å². The van der Waals surface area contributed by atoms with Crippen LogP contribution in [0.25, 0.3) is 0 Å². The van der Waals surface area contributed by atoms with Crippen LogP contribution in [0.2, 0.25) is 0 Å². The highest BCUT2D eigenvalue weighted by atomic mass is 32.2. The molecule has 1 N–H and O–H groups in total. The van der Waals surface area contributed by atoms with Crippen molar-refractivity contribution < 1.29 is 18.0 Å². The first-order valence-electron chi connectivity index (χ1n) is 6.81. The predicted molar refractivity (Wildman–Crippen MR) is 74.3 cm³/mol. The Hall–Kier alpha value is -1.89. The molecular formula is C14H14N2O4S. The molecule has 3 aliphatic heterocycles. The minimum Gasteiger partial charge on any atom is -0.339 e. The molecule has 0 aromatic heterocycles. The molecule has 0 aliphatic carbocycles. The summed E-state index contributed by atoms with van der Waals surface area (Å²) in [5.41, 5.74) is 1.11. The number of nitrogens with zero attached hydrogens (tertiary/aromatic N) is 1. The van der Waals surface area contributed by atoms with Crippen molar-refractivity contribution in [3.63, 3.8) is 0 Å². The van der Waals surface area contributed by atoms with E-state index in [1.807, 2.05) is 18.2 Å². The van der Waals surface area contributed by atoms with Crippen LogP contribution >= 0.6 is 0 Å². The van der Waals surface area contributed by atoms with Gasteiger partial charge in [-0.05, 0) is 11.6 Å². The quantitative estimate of drug-likeness (QED) is 0.759. The third-order valence-electron chi connectivity index (χ3n) is 4.53. The van der Waals surface area contributed by atoms with Crippen LogP contribution in [-0.2, 0) is 20.2 Å². The van der Waals surface area contributed by atoms with Crippen molar-refractivity contribution >= 4 is 21.7 Å². The molecule has 6 nitrogen and oxygen atoms in total. The van der Waals surface area contributed by atoms with Crippen LogP contribution in [0.5, 0.6) is 0 Å². The molecule has 1 aromatic carbocycles. The molecule has 0 bridgehead atoms. The summed E-state index contributed by atoms with van der Waals surface area (Å²) in [6.07, 6.45) is 0. The van der Waals surface area contributed by atoms with Crippen molar-refractivity contribution in [3.8, 4) is 0 Å². The van der Waals surface area contributed by atoms with Crippen LogP contribution in [0.1, 0.15) is 15.9 Å². The Morgan fingerprint density at radius 3 is 2.57 bits per heavy atom. The molecule has 21 heavy (non-hydrogen) atoms. The number of hydrogen-bond acceptors (Lipinski definition) is 4. The number of carbonyl (C=O) groups excluding carboxylic acids is 2. The Balaban J connectivity index is 1.51. The van der Waals surface area contributed by atoms with Crippen molar-refractivity contribution in [2.75, 3.05) is 24.6 Å². The summed E-state index contributed by atoms with van der Waals surface area (Å²) >= 11 is 0. The lowest BCUT2D eigenvalue weighted by atomic mass is 9.82. The molecule has 3 aliphatic rings. The van der Waals surface area contributed by atoms with Crippen LogP contribution < -0.4 is 5.32 Å². The van der Waals surface area contributed by atoms with Crippen molar-refractivity contribution in [3.05, 3.63) is 35.4 Å². The molecule has 2 amide bonds. The van der Waals surface area contributed by atoms with Crippen LogP contribution in [-0.4, -0.2) is 49.7 Å². The summed E-state index contributed by atoms with van der Waals surface area (Å²) in [7, 11) is -3.00. The highest BCUT2D eigenvalue weighted by Gasteiger charge is 2.54. The van der Waals surface area contributed by atoms with Gasteiger partial charge in [0.2, 0.25) is 5.91 Å². The number of amides is 2. The minimum atomic E-state index is -3.00. The average molecular weight is 306 g/mol. The summed E-state index contributed by atoms with van der Waals surface area (Å²) in [5.74, 6) is -0.714. The lowest BCUT2D eigenvalue weighted by Crippen LogP contribution is -2.68. The maximum atomic E-state index is 12.2. The smallest absolute Gasteiger partial charge is 0.252 e. The van der Waals surface area contributed by atoms with E-state index in [0.29, 0.717) is 18.7 Å². The SMILES string of the molecule is O=C1NC2(CN(C(=O)C3CS(=O)(=O)C3)C2)c2ccccc21. The normalized spacial score (nSPS) is 25.0. The number of likely N-dealkylation sites (tertiary alicyclic amines) is 1. The number of hydrogen-bond donors (Lipinski definition) is 1. The summed E-state index contributed by atoms with van der Waals surface area (Å²) in [5, 5.41) is 2.96. The molecular weight excluding hydrogens is 292 g/mol. The Bertz CT molecular complexity index is 753. The highest BCUT2D eigenvalue weighted by Crippen LogP contribution is 2.39. The van der Waals surface area contributed by atoms with Crippen LogP contribution in [0.4, 0.5) is 0 Å². The number of fused-ring (bicyclic) bond motifs is 2. The van der Waals surface area contributed by atoms with E-state index in [-0.39, 0.29) is 23.3 Å². The van der Waals surface area contributed by atoms with Crippen molar-refractivity contribution in [2.45, 2.75) is 5.54 Å². The number of benzene rings is 1. The van der Waals surface area contributed by atoms with E-state index in [0.717, 1.165) is 5.56 Å². The molecule has 110 valence electrons. The first-order chi connectivity index (χ1) is 9.90. The molecule has 3 heterocycles. The van der Waals surface area contributed by atoms with Gasteiger partial charge in [-0.1, -0.05) is 18.2 Å². The van der Waals surface area contributed by atoms with Gasteiger partial charge in [-0.2, -0.15) is 0 Å². The Morgan fingerprint density at radius 2 is 1.90 bits per heavy atom. The van der Waals surface area contributed by atoms with Gasteiger partial charge < -0.3 is 10.2 Å². The third kappa shape index (κ3) is 1.73. The van der Waals surface area contributed by atoms with Crippen molar-refractivity contribution in [2.24, 2.45) is 5.92 Å². The van der Waals surface area contributed by atoms with Crippen LogP contribution in [0.15, 0.2) is 24.3 Å². The lowest BCUT2D eigenvalue weighted by Gasteiger charge is -2.49. The monoisotopic (exact) mass is 306 g/mol. The van der Waals surface area contributed by atoms with Gasteiger partial charge in [0, 0.05) is 18.7 Å². The lowest BCUT2D eigenvalue weighted by molar-refractivity contribution is -0.143. The summed E-state index contributed by atoms with van der Waals surface area (Å²) in [6.45, 7) is 0.844. The summed E-state index contributed by atoms with van der Waals surface area (Å²) in [4.78, 5) is 25.8. The van der Waals surface area contributed by atoms with Gasteiger partial charge in [-0.15, -0.1) is 0 Å². The molecule has 2 fully saturated rings. The van der Waals surface area contributed by atoms with Crippen molar-refractivity contribution in [1.29, 1.82) is 0 Å². The maximum absolute atomic E-state index is 12.2. The molecule has 0 radical (unpaired) electrons. The fourth-order valence-electron chi connectivity index (χ4n) is 3.43. The number of rotatable bonds is 1. The first-order valence-corrected chi connectivity index (χ1v) is 8.64. The minimum absolute atomic E-state index is 0.0434. The molecule has 4 rings (SSSR count). The topological polar surface area (TPSA) is 83.6 Å². The van der Waals surface area contributed by atoms with E-state index in [9.17, 15) is 18.0 Å². The number of sulfone groups is 1. The number of carbonyl (C=O) groups is 2. The molecule has 2 saturated heterocycles. The molecule has 0 unspecified atom stereocenters. The second-order valence-corrected chi connectivity index (χ2v) is 8.20. The standard InChI is InChI=1S/C14H14N2O4S/c17-12-10-3-1-2-4-11(10)14(15-12)7-16(8-14)13(18)9-5-21(19,20)6-9/h1-4,9H,5-8H2,(H,15,17). The molecule has 0 saturated carbocycles. The van der Waals surface area contributed by atoms with Gasteiger partial charge in [0.25, 0.3) is 5.91 Å². The van der Waals surface area contributed by atoms with Gasteiger partial charge in [0.05, 0.1) is 17.4 Å². The van der Waals surface area contributed by atoms with Crippen LogP contribution in [0, 0.1) is 5.92 Å². The Kier molecular flexibility index (Phi) is 2.35. The third-order valence-corrected chi connectivity index (χ3v) is 6.35. The fraction of sp³-hybridized carbons (Fsp3) is 0.429.